The summed E-state index contributed by atoms with van der Waals surface area (Å²) in [4.78, 5) is 4.92. The second-order valence-corrected chi connectivity index (χ2v) is 33.0. The van der Waals surface area contributed by atoms with E-state index in [1.165, 1.54) is 187 Å². The number of benzene rings is 18. The van der Waals surface area contributed by atoms with Crippen LogP contribution in [0.1, 0.15) is 69.5 Å². The standard InChI is InChI=1S/C58H39NS.C55H37N/c1-57(2)47-19-8-3-14-40(47)44-33-31-39(35-51(44)57)59(53-23-13-25-55-56(53)46-18-7-12-24-54(46)60-55)38-29-26-36(27-30-38)37-28-32-45-43-17-6-11-22-50(43)58(52(45)34-37)48-20-9-4-15-41(48)42-16-5-10-21-49(42)58;1-3-18-38(19-4-1)42-22-10-15-32-52(42)56(53-33-16-11-23-43(53)39-20-5-2-6-21-39)41-36-34-40(35-37-41)44-27-17-31-51-54(44)47-26-9-14-30-50(47)55(51)48-28-12-7-24-45(48)46-25-8-13-29-49(46)55/h3-35H,1-2H3;1-37H. The van der Waals surface area contributed by atoms with Crippen LogP contribution in [0.5, 0.6) is 0 Å². The molecular formula is C113H76N2S. The third-order valence-corrected chi connectivity index (χ3v) is 27.0. The summed E-state index contributed by atoms with van der Waals surface area (Å²) in [6.45, 7) is 4.74. The summed E-state index contributed by atoms with van der Waals surface area (Å²) < 4.78 is 2.61. The molecule has 24 rings (SSSR count). The van der Waals surface area contributed by atoms with Crippen LogP contribution in [0.15, 0.2) is 425 Å². The highest BCUT2D eigenvalue weighted by Gasteiger charge is 2.54. The van der Waals surface area contributed by atoms with Crippen LogP contribution in [-0.4, -0.2) is 0 Å². The van der Waals surface area contributed by atoms with Crippen molar-refractivity contribution in [3.05, 3.63) is 480 Å². The molecule has 3 heteroatoms. The van der Waals surface area contributed by atoms with Crippen LogP contribution in [0.2, 0.25) is 0 Å². The van der Waals surface area contributed by atoms with Gasteiger partial charge < -0.3 is 9.80 Å². The first-order chi connectivity index (χ1) is 57.3. The fraction of sp³-hybridized carbons (Fsp3) is 0.0442. The van der Waals surface area contributed by atoms with Gasteiger partial charge in [0.15, 0.2) is 0 Å². The summed E-state index contributed by atoms with van der Waals surface area (Å²) in [6.07, 6.45) is 0. The van der Waals surface area contributed by atoms with Gasteiger partial charge in [-0.2, -0.15) is 0 Å². The van der Waals surface area contributed by atoms with Crippen LogP contribution < -0.4 is 9.80 Å². The number of hydrogen-bond donors (Lipinski definition) is 0. The average Bonchev–Trinajstić information content (AvgIpc) is 1.51. The molecule has 0 radical (unpaired) electrons. The molecular weight excluding hydrogens is 1420 g/mol. The zero-order chi connectivity index (χ0) is 76.8. The van der Waals surface area contributed by atoms with Crippen molar-refractivity contribution >= 4 is 65.6 Å². The number of hydrogen-bond acceptors (Lipinski definition) is 3. The van der Waals surface area contributed by atoms with E-state index < -0.39 is 0 Å². The van der Waals surface area contributed by atoms with Crippen LogP contribution in [-0.2, 0) is 16.2 Å². The number of para-hydroxylation sites is 2. The fourth-order valence-electron chi connectivity index (χ4n) is 20.9. The molecule has 0 N–H and O–H groups in total. The van der Waals surface area contributed by atoms with Crippen LogP contribution in [0.3, 0.4) is 0 Å². The third kappa shape index (κ3) is 9.89. The summed E-state index contributed by atoms with van der Waals surface area (Å²) in [5.41, 5.74) is 42.6. The van der Waals surface area contributed by atoms with Crippen molar-refractivity contribution in [3.8, 4) is 100 Å². The Morgan fingerprint density at radius 2 is 0.543 bits per heavy atom. The van der Waals surface area contributed by atoms with Gasteiger partial charge in [0, 0.05) is 53.8 Å². The number of anilines is 6. The van der Waals surface area contributed by atoms with Gasteiger partial charge in [0.25, 0.3) is 0 Å². The van der Waals surface area contributed by atoms with E-state index in [0.29, 0.717) is 0 Å². The molecule has 19 aromatic rings. The van der Waals surface area contributed by atoms with Gasteiger partial charge in [-0.15, -0.1) is 11.3 Å². The van der Waals surface area contributed by atoms with E-state index >= 15 is 0 Å². The topological polar surface area (TPSA) is 6.48 Å². The Morgan fingerprint density at radius 3 is 1.09 bits per heavy atom. The third-order valence-electron chi connectivity index (χ3n) is 25.8. The predicted molar refractivity (Wildman–Crippen MR) is 487 cm³/mol. The fourth-order valence-corrected chi connectivity index (χ4v) is 22.0. The molecule has 0 fully saturated rings. The quantitative estimate of drug-likeness (QED) is 0.135. The summed E-state index contributed by atoms with van der Waals surface area (Å²) in [5, 5.41) is 2.59. The highest BCUT2D eigenvalue weighted by Crippen LogP contribution is 2.66. The van der Waals surface area contributed by atoms with Crippen molar-refractivity contribution in [1.82, 2.24) is 0 Å². The van der Waals surface area contributed by atoms with E-state index in [1.54, 1.807) is 0 Å². The Bertz CT molecular complexity index is 6990. The maximum absolute atomic E-state index is 2.49. The van der Waals surface area contributed by atoms with Gasteiger partial charge in [-0.25, -0.2) is 0 Å². The van der Waals surface area contributed by atoms with E-state index in [-0.39, 0.29) is 16.2 Å². The summed E-state index contributed by atoms with van der Waals surface area (Å²) >= 11 is 1.87. The second-order valence-electron chi connectivity index (χ2n) is 31.9. The van der Waals surface area contributed by atoms with E-state index in [2.05, 4.69) is 448 Å². The lowest BCUT2D eigenvalue weighted by molar-refractivity contribution is 0.660. The number of rotatable bonds is 10. The summed E-state index contributed by atoms with van der Waals surface area (Å²) in [6, 6.07) is 158. The van der Waals surface area contributed by atoms with Gasteiger partial charge in [-0.1, -0.05) is 366 Å². The molecule has 5 aliphatic rings. The Labute approximate surface area is 681 Å². The van der Waals surface area contributed by atoms with E-state index in [1.807, 2.05) is 11.3 Å². The molecule has 18 aromatic carbocycles. The maximum Gasteiger partial charge on any atom is 0.0725 e. The largest absolute Gasteiger partial charge is 0.310 e. The monoisotopic (exact) mass is 1490 g/mol. The summed E-state index contributed by atoms with van der Waals surface area (Å²) in [7, 11) is 0. The molecule has 0 atom stereocenters. The molecule has 544 valence electrons. The van der Waals surface area contributed by atoms with Crippen LogP contribution in [0.4, 0.5) is 34.1 Å². The van der Waals surface area contributed by atoms with Crippen molar-refractivity contribution in [1.29, 1.82) is 0 Å². The molecule has 0 aliphatic heterocycles. The van der Waals surface area contributed by atoms with Crippen LogP contribution in [0, 0.1) is 0 Å². The Kier molecular flexibility index (Phi) is 15.4. The van der Waals surface area contributed by atoms with Crippen molar-refractivity contribution in [3.63, 3.8) is 0 Å². The van der Waals surface area contributed by atoms with E-state index in [0.717, 1.165) is 22.7 Å². The van der Waals surface area contributed by atoms with Crippen molar-refractivity contribution in [2.24, 2.45) is 0 Å². The van der Waals surface area contributed by atoms with Crippen molar-refractivity contribution in [2.75, 3.05) is 9.80 Å². The Morgan fingerprint density at radius 1 is 0.198 bits per heavy atom. The van der Waals surface area contributed by atoms with E-state index in [9.17, 15) is 0 Å². The lowest BCUT2D eigenvalue weighted by atomic mass is 9.70. The highest BCUT2D eigenvalue weighted by molar-refractivity contribution is 7.26. The SMILES string of the molecule is CC1(C)c2ccccc2-c2ccc(N(c3ccc(-c4ccc5c(c4)C4(c6ccccc6-c6ccccc64)c4ccccc4-5)cc3)c3cccc4sc5ccccc5c34)cc21.c1ccc(-c2ccccc2N(c2ccc(-c3cccc4c3-c3ccccc3C43c4ccccc4-c4ccccc43)cc2)c2ccccc2-c2ccccc2)cc1. The molecule has 5 aliphatic carbocycles. The first-order valence-electron chi connectivity index (χ1n) is 40.5. The summed E-state index contributed by atoms with van der Waals surface area (Å²) in [5.74, 6) is 0. The van der Waals surface area contributed by atoms with Crippen molar-refractivity contribution < 1.29 is 0 Å². The number of thiophene rings is 1. The average molecular weight is 1490 g/mol. The lowest BCUT2D eigenvalue weighted by Gasteiger charge is -2.30. The minimum Gasteiger partial charge on any atom is -0.310 e. The molecule has 2 spiro atoms. The minimum atomic E-state index is -0.367. The van der Waals surface area contributed by atoms with Gasteiger partial charge in [-0.05, 0) is 217 Å². The van der Waals surface area contributed by atoms with Gasteiger partial charge in [0.1, 0.15) is 0 Å². The van der Waals surface area contributed by atoms with E-state index in [4.69, 9.17) is 0 Å². The molecule has 1 aromatic heterocycles. The molecule has 1 heterocycles. The molecule has 0 bridgehead atoms. The van der Waals surface area contributed by atoms with Gasteiger partial charge in [0.05, 0.1) is 27.9 Å². The second kappa shape index (κ2) is 26.4. The molecule has 0 amide bonds. The minimum absolute atomic E-state index is 0.108. The molecule has 116 heavy (non-hydrogen) atoms. The Hall–Kier alpha value is -14.2. The zero-order valence-electron chi connectivity index (χ0n) is 64.2. The zero-order valence-corrected chi connectivity index (χ0v) is 65.0. The van der Waals surface area contributed by atoms with Crippen LogP contribution >= 0.6 is 11.3 Å². The first kappa shape index (κ1) is 67.5. The van der Waals surface area contributed by atoms with Gasteiger partial charge in [0.2, 0.25) is 0 Å². The number of nitrogens with zero attached hydrogens (tertiary/aromatic N) is 2. The molecule has 0 unspecified atom stereocenters. The van der Waals surface area contributed by atoms with Gasteiger partial charge >= 0.3 is 0 Å². The lowest BCUT2D eigenvalue weighted by Crippen LogP contribution is -2.25. The van der Waals surface area contributed by atoms with Crippen molar-refractivity contribution in [2.45, 2.75) is 30.1 Å². The highest BCUT2D eigenvalue weighted by atomic mass is 32.1. The predicted octanol–water partition coefficient (Wildman–Crippen LogP) is 30.3. The van der Waals surface area contributed by atoms with Crippen LogP contribution in [0.25, 0.3) is 120 Å². The maximum atomic E-state index is 2.49. The number of fused-ring (bicyclic) bond motifs is 26. The molecule has 2 nitrogen and oxygen atoms in total. The molecule has 0 saturated carbocycles. The Balaban J connectivity index is 0.000000137. The molecule has 0 saturated heterocycles. The smallest absolute Gasteiger partial charge is 0.0725 e. The normalized spacial score (nSPS) is 13.6. The van der Waals surface area contributed by atoms with Gasteiger partial charge in [-0.3, -0.25) is 0 Å². The first-order valence-corrected chi connectivity index (χ1v) is 41.3.